The van der Waals surface area contributed by atoms with Gasteiger partial charge in [-0.2, -0.15) is 0 Å². The van der Waals surface area contributed by atoms with Crippen LogP contribution in [0.1, 0.15) is 19.5 Å². The third kappa shape index (κ3) is 2.91. The largest absolute Gasteiger partial charge is 0.289 e. The third-order valence-electron chi connectivity index (χ3n) is 2.85. The monoisotopic (exact) mass is 281 g/mol. The van der Waals surface area contributed by atoms with E-state index in [9.17, 15) is 0 Å². The summed E-state index contributed by atoms with van der Waals surface area (Å²) in [6, 6.07) is 1.75. The van der Waals surface area contributed by atoms with Crippen molar-refractivity contribution in [3.8, 4) is 17.5 Å². The highest BCUT2D eigenvalue weighted by Gasteiger charge is 2.14. The number of hydrogen-bond acceptors (Lipinski definition) is 6. The van der Waals surface area contributed by atoms with E-state index < -0.39 is 0 Å². The van der Waals surface area contributed by atoms with Crippen LogP contribution in [0.5, 0.6) is 0 Å². The maximum atomic E-state index is 4.56. The van der Waals surface area contributed by atoms with Crippen molar-refractivity contribution >= 4 is 0 Å². The van der Waals surface area contributed by atoms with Crippen molar-refractivity contribution in [1.82, 2.24) is 34.7 Å². The fourth-order valence-electron chi connectivity index (χ4n) is 1.96. The van der Waals surface area contributed by atoms with E-state index >= 15 is 0 Å². The smallest absolute Gasteiger partial charge is 0.221 e. The molecule has 0 aliphatic rings. The van der Waals surface area contributed by atoms with Gasteiger partial charge in [0, 0.05) is 24.8 Å². The maximum Gasteiger partial charge on any atom is 0.221 e. The quantitative estimate of drug-likeness (QED) is 0.724. The number of hydrogen-bond donors (Lipinski definition) is 0. The lowest BCUT2D eigenvalue weighted by molar-refractivity contribution is 0.619. The van der Waals surface area contributed by atoms with Crippen LogP contribution in [0.15, 0.2) is 37.2 Å². The Bertz CT molecular complexity index is 707. The number of aromatic nitrogens is 7. The number of nitrogens with zero attached hydrogens (tertiary/aromatic N) is 7. The summed E-state index contributed by atoms with van der Waals surface area (Å²) in [5.74, 6) is 2.05. The maximum absolute atomic E-state index is 4.56. The molecular formula is C14H15N7. The summed E-state index contributed by atoms with van der Waals surface area (Å²) in [7, 11) is 0. The molecule has 0 saturated heterocycles. The second kappa shape index (κ2) is 5.74. The zero-order valence-corrected chi connectivity index (χ0v) is 11.9. The molecule has 0 aromatic carbocycles. The first kappa shape index (κ1) is 13.3. The average Bonchev–Trinajstić information content (AvgIpc) is 3.02. The summed E-state index contributed by atoms with van der Waals surface area (Å²) in [6.07, 6.45) is 9.35. The van der Waals surface area contributed by atoms with Crippen LogP contribution in [0.3, 0.4) is 0 Å². The van der Waals surface area contributed by atoms with Crippen LogP contribution in [-0.2, 0) is 6.42 Å². The van der Waals surface area contributed by atoms with Crippen molar-refractivity contribution in [2.75, 3.05) is 0 Å². The topological polar surface area (TPSA) is 82.3 Å². The van der Waals surface area contributed by atoms with Gasteiger partial charge in [0.05, 0.1) is 0 Å². The molecule has 7 heteroatoms. The highest BCUT2D eigenvalue weighted by atomic mass is 15.2. The Kier molecular flexibility index (Phi) is 3.63. The zero-order valence-electron chi connectivity index (χ0n) is 11.9. The van der Waals surface area contributed by atoms with Gasteiger partial charge in [-0.25, -0.2) is 19.9 Å². The van der Waals surface area contributed by atoms with Gasteiger partial charge in [0.25, 0.3) is 0 Å². The Morgan fingerprint density at radius 2 is 1.86 bits per heavy atom. The molecule has 0 atom stereocenters. The van der Waals surface area contributed by atoms with Gasteiger partial charge in [0.1, 0.15) is 12.0 Å². The second-order valence-electron chi connectivity index (χ2n) is 5.05. The normalized spacial score (nSPS) is 11.0. The first-order valence-electron chi connectivity index (χ1n) is 6.73. The SMILES string of the molecule is CC(C)Cc1nnc(-c2ncccn2)nc1-n1ccnc1. The zero-order chi connectivity index (χ0) is 14.7. The van der Waals surface area contributed by atoms with Crippen molar-refractivity contribution < 1.29 is 0 Å². The fourth-order valence-corrected chi connectivity index (χ4v) is 1.96. The van der Waals surface area contributed by atoms with E-state index in [0.29, 0.717) is 17.6 Å². The summed E-state index contributed by atoms with van der Waals surface area (Å²) in [5, 5.41) is 8.46. The van der Waals surface area contributed by atoms with E-state index in [1.807, 2.05) is 10.8 Å². The molecule has 0 unspecified atom stereocenters. The van der Waals surface area contributed by atoms with Gasteiger partial charge in [-0.1, -0.05) is 13.8 Å². The molecule has 3 rings (SSSR count). The van der Waals surface area contributed by atoms with E-state index in [1.165, 1.54) is 0 Å². The van der Waals surface area contributed by atoms with Crippen molar-refractivity contribution in [3.63, 3.8) is 0 Å². The molecule has 3 aromatic heterocycles. The highest BCUT2D eigenvalue weighted by molar-refractivity contribution is 5.44. The van der Waals surface area contributed by atoms with Crippen LogP contribution in [-0.4, -0.2) is 34.7 Å². The van der Waals surface area contributed by atoms with Crippen LogP contribution in [0.4, 0.5) is 0 Å². The molecule has 0 aliphatic heterocycles. The summed E-state index contributed by atoms with van der Waals surface area (Å²) in [5.41, 5.74) is 0.836. The second-order valence-corrected chi connectivity index (χ2v) is 5.05. The van der Waals surface area contributed by atoms with Crippen LogP contribution < -0.4 is 0 Å². The molecule has 0 radical (unpaired) electrons. The van der Waals surface area contributed by atoms with E-state index in [2.05, 4.69) is 44.0 Å². The van der Waals surface area contributed by atoms with Gasteiger partial charge in [-0.15, -0.1) is 10.2 Å². The molecule has 0 fully saturated rings. The summed E-state index contributed by atoms with van der Waals surface area (Å²) in [4.78, 5) is 16.9. The van der Waals surface area contributed by atoms with Gasteiger partial charge in [0.2, 0.25) is 5.82 Å². The van der Waals surface area contributed by atoms with Gasteiger partial charge >= 0.3 is 0 Å². The molecule has 0 spiro atoms. The van der Waals surface area contributed by atoms with Crippen LogP contribution in [0.2, 0.25) is 0 Å². The van der Waals surface area contributed by atoms with E-state index in [1.54, 1.807) is 31.0 Å². The minimum absolute atomic E-state index is 0.409. The predicted molar refractivity (Wildman–Crippen MR) is 76.5 cm³/mol. The van der Waals surface area contributed by atoms with Gasteiger partial charge in [0.15, 0.2) is 11.6 Å². The molecule has 3 aromatic rings. The minimum atomic E-state index is 0.409. The van der Waals surface area contributed by atoms with Crippen molar-refractivity contribution in [2.45, 2.75) is 20.3 Å². The molecule has 106 valence electrons. The first-order valence-corrected chi connectivity index (χ1v) is 6.73. The molecule has 0 amide bonds. The first-order chi connectivity index (χ1) is 10.2. The van der Waals surface area contributed by atoms with E-state index in [-0.39, 0.29) is 0 Å². The Morgan fingerprint density at radius 1 is 1.05 bits per heavy atom. The summed E-state index contributed by atoms with van der Waals surface area (Å²) >= 11 is 0. The molecule has 0 saturated carbocycles. The Morgan fingerprint density at radius 3 is 2.52 bits per heavy atom. The fraction of sp³-hybridized carbons (Fsp3) is 0.286. The predicted octanol–water partition coefficient (Wildman–Crippen LogP) is 1.71. The Balaban J connectivity index is 2.09. The summed E-state index contributed by atoms with van der Waals surface area (Å²) in [6.45, 7) is 4.27. The lowest BCUT2D eigenvalue weighted by Gasteiger charge is -2.10. The van der Waals surface area contributed by atoms with Gasteiger partial charge in [-0.05, 0) is 18.4 Å². The molecule has 0 aliphatic carbocycles. The number of rotatable bonds is 4. The molecule has 3 heterocycles. The van der Waals surface area contributed by atoms with Crippen LogP contribution in [0, 0.1) is 5.92 Å². The lowest BCUT2D eigenvalue weighted by Crippen LogP contribution is -2.10. The Hall–Kier alpha value is -2.70. The van der Waals surface area contributed by atoms with Crippen LogP contribution >= 0.6 is 0 Å². The van der Waals surface area contributed by atoms with Gasteiger partial charge < -0.3 is 0 Å². The molecule has 0 bridgehead atoms. The van der Waals surface area contributed by atoms with Gasteiger partial charge in [-0.3, -0.25) is 4.57 Å². The highest BCUT2D eigenvalue weighted by Crippen LogP contribution is 2.16. The number of imidazole rings is 1. The summed E-state index contributed by atoms with van der Waals surface area (Å²) < 4.78 is 1.83. The van der Waals surface area contributed by atoms with E-state index in [0.717, 1.165) is 17.9 Å². The van der Waals surface area contributed by atoms with Crippen molar-refractivity contribution in [3.05, 3.63) is 42.9 Å². The minimum Gasteiger partial charge on any atom is -0.289 e. The molecule has 7 nitrogen and oxygen atoms in total. The van der Waals surface area contributed by atoms with Crippen molar-refractivity contribution in [2.24, 2.45) is 5.92 Å². The van der Waals surface area contributed by atoms with Crippen molar-refractivity contribution in [1.29, 1.82) is 0 Å². The Labute approximate surface area is 122 Å². The van der Waals surface area contributed by atoms with Crippen LogP contribution in [0.25, 0.3) is 17.5 Å². The third-order valence-corrected chi connectivity index (χ3v) is 2.85. The lowest BCUT2D eigenvalue weighted by atomic mass is 10.1. The molecule has 0 N–H and O–H groups in total. The van der Waals surface area contributed by atoms with E-state index in [4.69, 9.17) is 0 Å². The molecular weight excluding hydrogens is 266 g/mol. The molecule has 21 heavy (non-hydrogen) atoms. The average molecular weight is 281 g/mol. The standard InChI is InChI=1S/C14H15N7/c1-10(2)8-11-14(21-7-6-15-9-21)18-13(20-19-11)12-16-4-3-5-17-12/h3-7,9-10H,8H2,1-2H3.